The molecule has 1 aliphatic heterocycles. The highest BCUT2D eigenvalue weighted by Crippen LogP contribution is 2.32. The average Bonchev–Trinajstić information content (AvgIpc) is 3.09. The molecular formula is C22H24N2O3S2. The van der Waals surface area contributed by atoms with Gasteiger partial charge in [0.1, 0.15) is 4.90 Å². The maximum absolute atomic E-state index is 12.8. The van der Waals surface area contributed by atoms with Crippen molar-refractivity contribution in [1.82, 2.24) is 0 Å². The molecular weight excluding hydrogens is 404 g/mol. The van der Waals surface area contributed by atoms with Crippen molar-refractivity contribution < 1.29 is 12.7 Å². The van der Waals surface area contributed by atoms with E-state index in [1.807, 2.05) is 50.3 Å². The Hall–Kier alpha value is -2.27. The summed E-state index contributed by atoms with van der Waals surface area (Å²) in [5.74, 6) is 0.615. The fraction of sp³-hybridized carbons (Fsp3) is 0.318. The number of hydrogen-bond donors (Lipinski definition) is 0. The van der Waals surface area contributed by atoms with Gasteiger partial charge in [0, 0.05) is 10.7 Å². The van der Waals surface area contributed by atoms with Crippen LogP contribution in [0.1, 0.15) is 36.5 Å². The molecule has 1 aromatic carbocycles. The van der Waals surface area contributed by atoms with E-state index in [2.05, 4.69) is 10.6 Å². The van der Waals surface area contributed by atoms with Crippen molar-refractivity contribution in [3.8, 4) is 6.07 Å². The summed E-state index contributed by atoms with van der Waals surface area (Å²) in [6.45, 7) is 7.46. The largest absolute Gasteiger partial charge is 0.320 e. The van der Waals surface area contributed by atoms with Crippen molar-refractivity contribution in [3.63, 3.8) is 0 Å². The molecule has 7 heteroatoms. The zero-order chi connectivity index (χ0) is 21.2. The number of benzene rings is 1. The molecule has 0 aromatic heterocycles. The molecule has 0 spiro atoms. The molecule has 0 fully saturated rings. The Morgan fingerprint density at radius 3 is 2.48 bits per heavy atom. The van der Waals surface area contributed by atoms with E-state index < -0.39 is 20.8 Å². The molecule has 0 N–H and O–H groups in total. The van der Waals surface area contributed by atoms with Crippen LogP contribution in [0.2, 0.25) is 0 Å². The molecule has 1 unspecified atom stereocenters. The first-order valence-corrected chi connectivity index (χ1v) is 12.1. The Bertz CT molecular complexity index is 1140. The van der Waals surface area contributed by atoms with Gasteiger partial charge in [0.25, 0.3) is 0 Å². The number of nitrogens with zero attached hydrogens (tertiary/aromatic N) is 2. The maximum Gasteiger partial charge on any atom is 0.320 e. The van der Waals surface area contributed by atoms with Gasteiger partial charge in [-0.1, -0.05) is 52.1 Å². The van der Waals surface area contributed by atoms with Crippen LogP contribution in [-0.2, 0) is 25.1 Å². The van der Waals surface area contributed by atoms with Crippen LogP contribution >= 0.6 is 0 Å². The van der Waals surface area contributed by atoms with Crippen LogP contribution in [0.5, 0.6) is 0 Å². The van der Waals surface area contributed by atoms with Gasteiger partial charge in [0.05, 0.1) is 12.5 Å². The highest BCUT2D eigenvalue weighted by molar-refractivity contribution is 7.92. The third kappa shape index (κ3) is 4.67. The third-order valence-corrected chi connectivity index (χ3v) is 8.13. The number of rotatable bonds is 4. The van der Waals surface area contributed by atoms with Crippen LogP contribution in [-0.4, -0.2) is 14.2 Å². The Morgan fingerprint density at radius 2 is 1.83 bits per heavy atom. The third-order valence-electron chi connectivity index (χ3n) is 4.96. The Morgan fingerprint density at radius 1 is 1.14 bits per heavy atom. The Labute approximate surface area is 175 Å². The van der Waals surface area contributed by atoms with Gasteiger partial charge >= 0.3 is 10.1 Å². The molecule has 1 atom stereocenters. The Kier molecular flexibility index (Phi) is 6.37. The first kappa shape index (κ1) is 21.4. The number of aryl methyl sites for hydroxylation is 3. The van der Waals surface area contributed by atoms with Gasteiger partial charge in [0.15, 0.2) is 0 Å². The first-order chi connectivity index (χ1) is 13.7. The maximum atomic E-state index is 12.8. The van der Waals surface area contributed by atoms with Crippen LogP contribution in [0, 0.1) is 32.1 Å². The Balaban J connectivity index is 1.90. The molecule has 152 valence electrons. The topological polar surface area (TPSA) is 79.5 Å². The van der Waals surface area contributed by atoms with E-state index in [1.165, 1.54) is 0 Å². The minimum Gasteiger partial charge on any atom is -0.198 e. The van der Waals surface area contributed by atoms with Gasteiger partial charge in [-0.3, -0.25) is 0 Å². The van der Waals surface area contributed by atoms with Crippen molar-refractivity contribution in [3.05, 3.63) is 74.8 Å². The second kappa shape index (κ2) is 8.62. The van der Waals surface area contributed by atoms with Crippen LogP contribution in [0.15, 0.2) is 67.5 Å². The average molecular weight is 429 g/mol. The SMILES string of the molecule is CC1=C(CC#N)CC(=C2C=CCS2=NOS(=O)(=O)c2c(C)cc(C)cc2C)C=C1. The van der Waals surface area contributed by atoms with Crippen molar-refractivity contribution in [2.24, 2.45) is 4.53 Å². The molecule has 0 saturated heterocycles. The molecule has 3 rings (SSSR count). The minimum atomic E-state index is -3.99. The van der Waals surface area contributed by atoms with Gasteiger partial charge in [-0.25, -0.2) is 0 Å². The minimum absolute atomic E-state index is 0.184. The number of nitriles is 1. The molecule has 0 bridgehead atoms. The lowest BCUT2D eigenvalue weighted by Crippen LogP contribution is -2.09. The predicted molar refractivity (Wildman–Crippen MR) is 116 cm³/mol. The van der Waals surface area contributed by atoms with E-state index >= 15 is 0 Å². The van der Waals surface area contributed by atoms with Crippen molar-refractivity contribution >= 4 is 20.8 Å². The quantitative estimate of drug-likeness (QED) is 0.629. The normalized spacial score (nSPS) is 21.8. The summed E-state index contributed by atoms with van der Waals surface area (Å²) in [5.41, 5.74) is 5.57. The van der Waals surface area contributed by atoms with Gasteiger partial charge in [-0.15, -0.1) is 4.28 Å². The van der Waals surface area contributed by atoms with E-state index in [9.17, 15) is 8.42 Å². The zero-order valence-corrected chi connectivity index (χ0v) is 18.7. The summed E-state index contributed by atoms with van der Waals surface area (Å²) in [7, 11) is -4.68. The molecule has 0 radical (unpaired) electrons. The molecule has 1 aliphatic carbocycles. The highest BCUT2D eigenvalue weighted by atomic mass is 32.2. The summed E-state index contributed by atoms with van der Waals surface area (Å²) in [4.78, 5) is 1.15. The fourth-order valence-corrected chi connectivity index (χ4v) is 6.55. The van der Waals surface area contributed by atoms with E-state index in [-0.39, 0.29) is 4.90 Å². The van der Waals surface area contributed by atoms with E-state index in [0.717, 1.165) is 27.2 Å². The van der Waals surface area contributed by atoms with E-state index in [0.29, 0.717) is 29.7 Å². The summed E-state index contributed by atoms with van der Waals surface area (Å²) in [6.07, 6.45) is 9.06. The van der Waals surface area contributed by atoms with Gasteiger partial charge in [-0.2, -0.15) is 13.7 Å². The van der Waals surface area contributed by atoms with Crippen LogP contribution in [0.25, 0.3) is 0 Å². The second-order valence-electron chi connectivity index (χ2n) is 7.29. The predicted octanol–water partition coefficient (Wildman–Crippen LogP) is 5.05. The van der Waals surface area contributed by atoms with Gasteiger partial charge in [-0.05, 0) is 67.1 Å². The smallest absolute Gasteiger partial charge is 0.198 e. The van der Waals surface area contributed by atoms with Crippen molar-refractivity contribution in [2.45, 2.75) is 45.4 Å². The van der Waals surface area contributed by atoms with Crippen molar-refractivity contribution in [1.29, 1.82) is 5.26 Å². The standard InChI is InChI=1S/C22H24N2O3S2/c1-15-12-17(3)22(18(4)13-15)29(25,26)27-24-28-11-5-6-21(28)20-8-7-16(2)19(14-20)9-10-23/h5-8,12-13H,9,11,14H2,1-4H3. The van der Waals surface area contributed by atoms with Crippen LogP contribution in [0.4, 0.5) is 0 Å². The lowest BCUT2D eigenvalue weighted by molar-refractivity contribution is 0.346. The summed E-state index contributed by atoms with van der Waals surface area (Å²) in [5, 5.41) is 9.04. The second-order valence-corrected chi connectivity index (χ2v) is 10.4. The van der Waals surface area contributed by atoms with Crippen LogP contribution in [0.3, 0.4) is 0 Å². The summed E-state index contributed by atoms with van der Waals surface area (Å²) >= 11 is 0. The molecule has 1 heterocycles. The summed E-state index contributed by atoms with van der Waals surface area (Å²) in [6, 6.07) is 5.87. The van der Waals surface area contributed by atoms with Crippen LogP contribution < -0.4 is 0 Å². The first-order valence-electron chi connectivity index (χ1n) is 9.30. The molecule has 29 heavy (non-hydrogen) atoms. The van der Waals surface area contributed by atoms with Crippen molar-refractivity contribution in [2.75, 3.05) is 5.75 Å². The molecule has 0 saturated carbocycles. The van der Waals surface area contributed by atoms with Gasteiger partial charge in [0.2, 0.25) is 0 Å². The molecule has 1 aromatic rings. The highest BCUT2D eigenvalue weighted by Gasteiger charge is 2.23. The number of hydrogen-bond acceptors (Lipinski definition) is 5. The molecule has 0 amide bonds. The zero-order valence-electron chi connectivity index (χ0n) is 17.0. The number of allylic oxidation sites excluding steroid dienone is 6. The van der Waals surface area contributed by atoms with E-state index in [1.54, 1.807) is 13.8 Å². The van der Waals surface area contributed by atoms with Gasteiger partial charge < -0.3 is 0 Å². The molecule has 2 aliphatic rings. The van der Waals surface area contributed by atoms with E-state index in [4.69, 9.17) is 9.55 Å². The lowest BCUT2D eigenvalue weighted by atomic mass is 9.92. The molecule has 5 nitrogen and oxygen atoms in total. The summed E-state index contributed by atoms with van der Waals surface area (Å²) < 4.78 is 34.9. The lowest BCUT2D eigenvalue weighted by Gasteiger charge is -2.16. The fourth-order valence-electron chi connectivity index (χ4n) is 3.66. The monoisotopic (exact) mass is 428 g/mol.